The van der Waals surface area contributed by atoms with Crippen molar-refractivity contribution in [3.63, 3.8) is 0 Å². The molecule has 1 aromatic rings. The number of carbonyl (C=O) groups excluding carboxylic acids is 1. The van der Waals surface area contributed by atoms with Gasteiger partial charge in [0.25, 0.3) is 0 Å². The highest BCUT2D eigenvalue weighted by molar-refractivity contribution is 5.83. The lowest BCUT2D eigenvalue weighted by atomic mass is 9.87. The van der Waals surface area contributed by atoms with Crippen molar-refractivity contribution in [3.05, 3.63) is 23.8 Å². The molecule has 0 aliphatic carbocycles. The molecule has 0 radical (unpaired) electrons. The van der Waals surface area contributed by atoms with Gasteiger partial charge in [0.05, 0.1) is 14.2 Å². The van der Waals surface area contributed by atoms with Crippen LogP contribution in [0.2, 0.25) is 0 Å². The van der Waals surface area contributed by atoms with Gasteiger partial charge >= 0.3 is 0 Å². The van der Waals surface area contributed by atoms with Crippen LogP contribution in [0.3, 0.4) is 0 Å². The summed E-state index contributed by atoms with van der Waals surface area (Å²) in [7, 11) is 3.23. The number of rotatable bonds is 5. The molecule has 0 atom stereocenters. The molecule has 0 fully saturated rings. The molecule has 0 bridgehead atoms. The van der Waals surface area contributed by atoms with E-state index >= 15 is 0 Å². The van der Waals surface area contributed by atoms with Gasteiger partial charge in [-0.15, -0.1) is 0 Å². The zero-order valence-electron chi connectivity index (χ0n) is 11.9. The summed E-state index contributed by atoms with van der Waals surface area (Å²) in [5.74, 6) is 1.69. The zero-order valence-corrected chi connectivity index (χ0v) is 11.9. The SMILES string of the molecule is COc1cccc(CCC(=O)C(C)(C)C)c1OC. The summed E-state index contributed by atoms with van der Waals surface area (Å²) in [6.07, 6.45) is 1.20. The minimum absolute atomic E-state index is 0.257. The predicted octanol–water partition coefficient (Wildman–Crippen LogP) is 3.25. The first-order chi connectivity index (χ1) is 8.40. The average Bonchev–Trinajstić information content (AvgIpc) is 2.33. The van der Waals surface area contributed by atoms with Gasteiger partial charge in [-0.05, 0) is 18.1 Å². The fourth-order valence-corrected chi connectivity index (χ4v) is 1.77. The van der Waals surface area contributed by atoms with Gasteiger partial charge in [0.2, 0.25) is 0 Å². The minimum atomic E-state index is -0.286. The standard InChI is InChI=1S/C15H22O3/c1-15(2,3)13(16)10-9-11-7-6-8-12(17-4)14(11)18-5/h6-8H,9-10H2,1-5H3. The maximum atomic E-state index is 11.9. The first-order valence-electron chi connectivity index (χ1n) is 6.13. The molecule has 0 heterocycles. The van der Waals surface area contributed by atoms with Crippen LogP contribution in [-0.2, 0) is 11.2 Å². The summed E-state index contributed by atoms with van der Waals surface area (Å²) in [4.78, 5) is 11.9. The van der Waals surface area contributed by atoms with Crippen molar-refractivity contribution in [1.82, 2.24) is 0 Å². The lowest BCUT2D eigenvalue weighted by molar-refractivity contribution is -0.126. The smallest absolute Gasteiger partial charge is 0.163 e. The summed E-state index contributed by atoms with van der Waals surface area (Å²) >= 11 is 0. The number of ketones is 1. The molecule has 1 rings (SSSR count). The molecule has 0 aromatic heterocycles. The summed E-state index contributed by atoms with van der Waals surface area (Å²) in [6, 6.07) is 5.74. The Kier molecular flexibility index (Phi) is 4.76. The molecular weight excluding hydrogens is 228 g/mol. The second kappa shape index (κ2) is 5.89. The molecule has 0 unspecified atom stereocenters. The van der Waals surface area contributed by atoms with Crippen LogP contribution < -0.4 is 9.47 Å². The van der Waals surface area contributed by atoms with E-state index in [0.717, 1.165) is 11.3 Å². The summed E-state index contributed by atoms with van der Waals surface area (Å²) in [6.45, 7) is 5.83. The van der Waals surface area contributed by atoms with Crippen LogP contribution in [0.15, 0.2) is 18.2 Å². The number of ether oxygens (including phenoxy) is 2. The fourth-order valence-electron chi connectivity index (χ4n) is 1.77. The molecule has 0 aliphatic heterocycles. The first kappa shape index (κ1) is 14.6. The number of para-hydroxylation sites is 1. The molecule has 0 spiro atoms. The van der Waals surface area contributed by atoms with Crippen molar-refractivity contribution >= 4 is 5.78 Å². The second-order valence-corrected chi connectivity index (χ2v) is 5.33. The molecule has 0 aliphatic rings. The Labute approximate surface area is 109 Å². The summed E-state index contributed by atoms with van der Waals surface area (Å²) in [5.41, 5.74) is 0.723. The fraction of sp³-hybridized carbons (Fsp3) is 0.533. The van der Waals surface area contributed by atoms with E-state index in [1.165, 1.54) is 0 Å². The molecule has 3 nitrogen and oxygen atoms in total. The third kappa shape index (κ3) is 3.49. The molecule has 18 heavy (non-hydrogen) atoms. The van der Waals surface area contributed by atoms with Gasteiger partial charge in [0, 0.05) is 11.8 Å². The summed E-state index contributed by atoms with van der Waals surface area (Å²) in [5, 5.41) is 0. The third-order valence-corrected chi connectivity index (χ3v) is 2.94. The molecule has 1 aromatic carbocycles. The molecular formula is C15H22O3. The van der Waals surface area contributed by atoms with E-state index in [-0.39, 0.29) is 11.2 Å². The predicted molar refractivity (Wildman–Crippen MR) is 72.3 cm³/mol. The number of methoxy groups -OCH3 is 2. The van der Waals surface area contributed by atoms with E-state index in [1.54, 1.807) is 14.2 Å². The van der Waals surface area contributed by atoms with Crippen LogP contribution in [0.1, 0.15) is 32.8 Å². The van der Waals surface area contributed by atoms with E-state index in [2.05, 4.69) is 0 Å². The van der Waals surface area contributed by atoms with Gasteiger partial charge < -0.3 is 9.47 Å². The van der Waals surface area contributed by atoms with E-state index in [4.69, 9.17) is 9.47 Å². The second-order valence-electron chi connectivity index (χ2n) is 5.33. The Balaban J connectivity index is 2.82. The number of hydrogen-bond acceptors (Lipinski definition) is 3. The number of aryl methyl sites for hydroxylation is 1. The van der Waals surface area contributed by atoms with Crippen LogP contribution in [0.25, 0.3) is 0 Å². The highest BCUT2D eigenvalue weighted by Gasteiger charge is 2.21. The maximum Gasteiger partial charge on any atom is 0.163 e. The van der Waals surface area contributed by atoms with E-state index in [0.29, 0.717) is 18.6 Å². The van der Waals surface area contributed by atoms with E-state index < -0.39 is 0 Å². The largest absolute Gasteiger partial charge is 0.493 e. The average molecular weight is 250 g/mol. The first-order valence-corrected chi connectivity index (χ1v) is 6.13. The van der Waals surface area contributed by atoms with Gasteiger partial charge in [-0.3, -0.25) is 4.79 Å². The number of hydrogen-bond donors (Lipinski definition) is 0. The van der Waals surface area contributed by atoms with Crippen LogP contribution in [0.5, 0.6) is 11.5 Å². The van der Waals surface area contributed by atoms with Crippen molar-refractivity contribution in [2.75, 3.05) is 14.2 Å². The zero-order chi connectivity index (χ0) is 13.8. The van der Waals surface area contributed by atoms with Gasteiger partial charge in [-0.2, -0.15) is 0 Å². The molecule has 0 saturated carbocycles. The van der Waals surface area contributed by atoms with Crippen molar-refractivity contribution in [2.45, 2.75) is 33.6 Å². The van der Waals surface area contributed by atoms with Gasteiger partial charge in [0.15, 0.2) is 11.5 Å². The monoisotopic (exact) mass is 250 g/mol. The molecule has 100 valence electrons. The Morgan fingerprint density at radius 3 is 2.33 bits per heavy atom. The number of benzene rings is 1. The third-order valence-electron chi connectivity index (χ3n) is 2.94. The normalized spacial score (nSPS) is 11.2. The molecule has 0 N–H and O–H groups in total. The lowest BCUT2D eigenvalue weighted by Crippen LogP contribution is -2.20. The Morgan fingerprint density at radius 2 is 1.83 bits per heavy atom. The van der Waals surface area contributed by atoms with Crippen molar-refractivity contribution in [2.24, 2.45) is 5.41 Å². The van der Waals surface area contributed by atoms with Crippen molar-refractivity contribution in [1.29, 1.82) is 0 Å². The molecule has 0 saturated heterocycles. The Bertz CT molecular complexity index is 416. The number of carbonyl (C=O) groups is 1. The quantitative estimate of drug-likeness (QED) is 0.804. The van der Waals surface area contributed by atoms with Gasteiger partial charge in [0.1, 0.15) is 5.78 Å². The summed E-state index contributed by atoms with van der Waals surface area (Å²) < 4.78 is 10.6. The lowest BCUT2D eigenvalue weighted by Gasteiger charge is -2.17. The van der Waals surface area contributed by atoms with Crippen LogP contribution in [0, 0.1) is 5.41 Å². The molecule has 0 amide bonds. The highest BCUT2D eigenvalue weighted by atomic mass is 16.5. The van der Waals surface area contributed by atoms with Crippen LogP contribution >= 0.6 is 0 Å². The Hall–Kier alpha value is -1.51. The van der Waals surface area contributed by atoms with Crippen molar-refractivity contribution < 1.29 is 14.3 Å². The number of Topliss-reactive ketones (excluding diaryl/α,β-unsaturated/α-hetero) is 1. The van der Waals surface area contributed by atoms with Gasteiger partial charge in [-0.25, -0.2) is 0 Å². The van der Waals surface area contributed by atoms with E-state index in [9.17, 15) is 4.79 Å². The van der Waals surface area contributed by atoms with Gasteiger partial charge in [-0.1, -0.05) is 32.9 Å². The minimum Gasteiger partial charge on any atom is -0.493 e. The van der Waals surface area contributed by atoms with Crippen LogP contribution in [0.4, 0.5) is 0 Å². The topological polar surface area (TPSA) is 35.5 Å². The highest BCUT2D eigenvalue weighted by Crippen LogP contribution is 2.32. The maximum absolute atomic E-state index is 11.9. The van der Waals surface area contributed by atoms with Crippen LogP contribution in [-0.4, -0.2) is 20.0 Å². The Morgan fingerprint density at radius 1 is 1.17 bits per heavy atom. The van der Waals surface area contributed by atoms with Crippen molar-refractivity contribution in [3.8, 4) is 11.5 Å². The molecule has 3 heteroatoms. The van der Waals surface area contributed by atoms with E-state index in [1.807, 2.05) is 39.0 Å².